The lowest BCUT2D eigenvalue weighted by Gasteiger charge is -2.33. The highest BCUT2D eigenvalue weighted by atomic mass is 16.5. The number of hydrogen-bond donors (Lipinski definition) is 2. The molecule has 0 radical (unpaired) electrons. The molecule has 4 nitrogen and oxygen atoms in total. The van der Waals surface area contributed by atoms with Crippen molar-refractivity contribution < 1.29 is 14.6 Å². The predicted molar refractivity (Wildman–Crippen MR) is 67.0 cm³/mol. The summed E-state index contributed by atoms with van der Waals surface area (Å²) >= 11 is 0. The molecule has 98 valence electrons. The van der Waals surface area contributed by atoms with E-state index < -0.39 is 5.97 Å². The maximum Gasteiger partial charge on any atom is 0.331 e. The third-order valence-electron chi connectivity index (χ3n) is 3.40. The van der Waals surface area contributed by atoms with Gasteiger partial charge in [-0.25, -0.2) is 4.79 Å². The van der Waals surface area contributed by atoms with Crippen molar-refractivity contribution in [2.24, 2.45) is 5.41 Å². The van der Waals surface area contributed by atoms with Crippen molar-refractivity contribution in [2.45, 2.75) is 33.1 Å². The monoisotopic (exact) mass is 241 g/mol. The Morgan fingerprint density at radius 3 is 2.65 bits per heavy atom. The zero-order valence-electron chi connectivity index (χ0n) is 10.8. The van der Waals surface area contributed by atoms with Crippen molar-refractivity contribution in [2.75, 3.05) is 26.3 Å². The zero-order valence-corrected chi connectivity index (χ0v) is 10.8. The van der Waals surface area contributed by atoms with E-state index in [1.54, 1.807) is 6.08 Å². The van der Waals surface area contributed by atoms with Crippen LogP contribution >= 0.6 is 0 Å². The van der Waals surface area contributed by atoms with E-state index in [2.05, 4.69) is 12.2 Å². The summed E-state index contributed by atoms with van der Waals surface area (Å²) in [5.41, 5.74) is 0.774. The van der Waals surface area contributed by atoms with Gasteiger partial charge in [-0.05, 0) is 24.7 Å². The van der Waals surface area contributed by atoms with Gasteiger partial charge >= 0.3 is 5.97 Å². The maximum absolute atomic E-state index is 10.8. The topological polar surface area (TPSA) is 58.6 Å². The molecule has 1 saturated heterocycles. The molecule has 1 heterocycles. The Balaban J connectivity index is 2.29. The second-order valence-corrected chi connectivity index (χ2v) is 4.94. The minimum absolute atomic E-state index is 0.293. The second kappa shape index (κ2) is 6.77. The van der Waals surface area contributed by atoms with E-state index >= 15 is 0 Å². The lowest BCUT2D eigenvalue weighted by atomic mass is 9.82. The summed E-state index contributed by atoms with van der Waals surface area (Å²) in [6, 6.07) is 0. The lowest BCUT2D eigenvalue weighted by Crippen LogP contribution is -2.36. The quantitative estimate of drug-likeness (QED) is 0.550. The summed E-state index contributed by atoms with van der Waals surface area (Å²) in [5, 5.41) is 12.2. The fourth-order valence-corrected chi connectivity index (χ4v) is 1.99. The first-order valence-electron chi connectivity index (χ1n) is 6.28. The van der Waals surface area contributed by atoms with Gasteiger partial charge in [-0.15, -0.1) is 0 Å². The summed E-state index contributed by atoms with van der Waals surface area (Å²) < 4.78 is 5.34. The SMILES string of the molecule is CCC(=CCNCC1(C)CCOCC1)C(=O)O. The highest BCUT2D eigenvalue weighted by Crippen LogP contribution is 2.28. The molecule has 17 heavy (non-hydrogen) atoms. The first kappa shape index (κ1) is 14.2. The molecular weight excluding hydrogens is 218 g/mol. The number of carboxylic acids is 1. The van der Waals surface area contributed by atoms with Crippen LogP contribution in [0, 0.1) is 5.41 Å². The molecule has 0 bridgehead atoms. The fourth-order valence-electron chi connectivity index (χ4n) is 1.99. The Hall–Kier alpha value is -0.870. The molecule has 0 spiro atoms. The van der Waals surface area contributed by atoms with Gasteiger partial charge in [-0.1, -0.05) is 19.9 Å². The second-order valence-electron chi connectivity index (χ2n) is 4.94. The van der Waals surface area contributed by atoms with Crippen molar-refractivity contribution in [1.82, 2.24) is 5.32 Å². The van der Waals surface area contributed by atoms with Crippen molar-refractivity contribution in [3.05, 3.63) is 11.6 Å². The average Bonchev–Trinajstić information content (AvgIpc) is 2.29. The van der Waals surface area contributed by atoms with Crippen LogP contribution in [0.1, 0.15) is 33.1 Å². The molecule has 1 aliphatic heterocycles. The van der Waals surface area contributed by atoms with E-state index in [-0.39, 0.29) is 0 Å². The predicted octanol–water partition coefficient (Wildman–Crippen LogP) is 1.81. The fraction of sp³-hybridized carbons (Fsp3) is 0.769. The molecule has 0 atom stereocenters. The Morgan fingerprint density at radius 2 is 2.12 bits per heavy atom. The van der Waals surface area contributed by atoms with Crippen LogP contribution in [0.4, 0.5) is 0 Å². The molecule has 0 aromatic carbocycles. The Kier molecular flexibility index (Phi) is 5.65. The van der Waals surface area contributed by atoms with Crippen LogP contribution in [0.5, 0.6) is 0 Å². The molecule has 0 saturated carbocycles. The van der Waals surface area contributed by atoms with Gasteiger partial charge in [0.1, 0.15) is 0 Å². The largest absolute Gasteiger partial charge is 0.478 e. The van der Waals surface area contributed by atoms with Gasteiger partial charge in [-0.3, -0.25) is 0 Å². The van der Waals surface area contributed by atoms with E-state index in [1.165, 1.54) is 0 Å². The number of carboxylic acid groups (broad SMARTS) is 1. The molecule has 0 aromatic heterocycles. The number of hydrogen-bond acceptors (Lipinski definition) is 3. The standard InChI is InChI=1S/C13H23NO3/c1-3-11(12(15)16)4-7-14-10-13(2)5-8-17-9-6-13/h4,14H,3,5-10H2,1-2H3,(H,15,16). The lowest BCUT2D eigenvalue weighted by molar-refractivity contribution is -0.132. The van der Waals surface area contributed by atoms with Crippen LogP contribution in [0.3, 0.4) is 0 Å². The van der Waals surface area contributed by atoms with Crippen LogP contribution in [0.25, 0.3) is 0 Å². The molecule has 0 aromatic rings. The smallest absolute Gasteiger partial charge is 0.331 e. The van der Waals surface area contributed by atoms with Gasteiger partial charge in [-0.2, -0.15) is 0 Å². The van der Waals surface area contributed by atoms with Crippen molar-refractivity contribution in [3.8, 4) is 0 Å². The van der Waals surface area contributed by atoms with Crippen LogP contribution in [0.2, 0.25) is 0 Å². The first-order chi connectivity index (χ1) is 8.07. The van der Waals surface area contributed by atoms with Gasteiger partial charge < -0.3 is 15.2 Å². The van der Waals surface area contributed by atoms with E-state index in [1.807, 2.05) is 6.92 Å². The van der Waals surface area contributed by atoms with E-state index in [9.17, 15) is 4.79 Å². The molecule has 2 N–H and O–H groups in total. The van der Waals surface area contributed by atoms with Gasteiger partial charge in [0.2, 0.25) is 0 Å². The van der Waals surface area contributed by atoms with E-state index in [0.717, 1.165) is 32.6 Å². The summed E-state index contributed by atoms with van der Waals surface area (Å²) in [5.74, 6) is -0.813. The number of ether oxygens (including phenoxy) is 1. The molecule has 0 unspecified atom stereocenters. The zero-order chi connectivity index (χ0) is 12.7. The first-order valence-corrected chi connectivity index (χ1v) is 6.28. The summed E-state index contributed by atoms with van der Waals surface area (Å²) in [6.45, 7) is 7.34. The minimum atomic E-state index is -0.813. The summed E-state index contributed by atoms with van der Waals surface area (Å²) in [4.78, 5) is 10.8. The number of rotatable bonds is 6. The van der Waals surface area contributed by atoms with Crippen molar-refractivity contribution in [1.29, 1.82) is 0 Å². The molecular formula is C13H23NO3. The Morgan fingerprint density at radius 1 is 1.47 bits per heavy atom. The van der Waals surface area contributed by atoms with Crippen molar-refractivity contribution >= 4 is 5.97 Å². The third-order valence-corrected chi connectivity index (χ3v) is 3.40. The van der Waals surface area contributed by atoms with Gasteiger partial charge in [0.15, 0.2) is 0 Å². The van der Waals surface area contributed by atoms with Crippen LogP contribution in [-0.4, -0.2) is 37.4 Å². The van der Waals surface area contributed by atoms with E-state index in [4.69, 9.17) is 9.84 Å². The van der Waals surface area contributed by atoms with Gasteiger partial charge in [0, 0.05) is 31.9 Å². The van der Waals surface area contributed by atoms with Gasteiger partial charge in [0.05, 0.1) is 0 Å². The van der Waals surface area contributed by atoms with Crippen molar-refractivity contribution in [3.63, 3.8) is 0 Å². The van der Waals surface area contributed by atoms with Gasteiger partial charge in [0.25, 0.3) is 0 Å². The molecule has 1 aliphatic rings. The number of carbonyl (C=O) groups is 1. The highest BCUT2D eigenvalue weighted by molar-refractivity contribution is 5.86. The van der Waals surface area contributed by atoms with Crippen LogP contribution in [0.15, 0.2) is 11.6 Å². The third kappa shape index (κ3) is 4.88. The summed E-state index contributed by atoms with van der Waals surface area (Å²) in [6.07, 6.45) is 4.49. The maximum atomic E-state index is 10.8. The number of nitrogens with one attached hydrogen (secondary N) is 1. The Bertz CT molecular complexity index is 280. The highest BCUT2D eigenvalue weighted by Gasteiger charge is 2.26. The van der Waals surface area contributed by atoms with E-state index in [0.29, 0.717) is 24.0 Å². The molecule has 4 heteroatoms. The molecule has 1 rings (SSSR count). The van der Waals surface area contributed by atoms with Crippen LogP contribution in [-0.2, 0) is 9.53 Å². The normalized spacial score (nSPS) is 20.2. The summed E-state index contributed by atoms with van der Waals surface area (Å²) in [7, 11) is 0. The molecule has 1 fully saturated rings. The minimum Gasteiger partial charge on any atom is -0.478 e. The average molecular weight is 241 g/mol. The van der Waals surface area contributed by atoms with Crippen LogP contribution < -0.4 is 5.32 Å². The molecule has 0 aliphatic carbocycles. The Labute approximate surface area is 103 Å². The number of aliphatic carboxylic acids is 1. The molecule has 0 amide bonds.